The number of aromatic nitrogens is 19. The number of rotatable bonds is 33. The van der Waals surface area contributed by atoms with E-state index in [9.17, 15) is 57.4 Å². The Balaban J connectivity index is 0.000000218. The number of terminal acetylenes is 1. The van der Waals surface area contributed by atoms with Crippen molar-refractivity contribution in [3.8, 4) is 18.1 Å². The van der Waals surface area contributed by atoms with E-state index in [2.05, 4.69) is 100 Å². The molecule has 1 atom stereocenters. The van der Waals surface area contributed by atoms with Crippen LogP contribution in [0.15, 0.2) is 135 Å². The van der Waals surface area contributed by atoms with Crippen LogP contribution < -0.4 is 29.1 Å². The van der Waals surface area contributed by atoms with E-state index in [1.165, 1.54) is 60.0 Å². The molecule has 0 saturated heterocycles. The zero-order chi connectivity index (χ0) is 98.6. The number of benzene rings is 2. The summed E-state index contributed by atoms with van der Waals surface area (Å²) in [5.74, 6) is -1.27. The minimum absolute atomic E-state index is 0. The van der Waals surface area contributed by atoms with E-state index in [1.54, 1.807) is 111 Å². The maximum absolute atomic E-state index is 13.8. The van der Waals surface area contributed by atoms with Gasteiger partial charge >= 0.3 is 48.8 Å². The summed E-state index contributed by atoms with van der Waals surface area (Å²) in [6.07, 6.45) is 17.2. The van der Waals surface area contributed by atoms with Crippen LogP contribution in [0.25, 0.3) is 65.9 Å². The second kappa shape index (κ2) is 51.6. The number of aromatic amines is 5. The number of carbonyl (C=O) groups excluding carboxylic acids is 9. The van der Waals surface area contributed by atoms with Crippen LogP contribution in [-0.2, 0) is 83.3 Å². The molecule has 0 fully saturated rings. The van der Waals surface area contributed by atoms with E-state index in [1.807, 2.05) is 37.1 Å². The van der Waals surface area contributed by atoms with Gasteiger partial charge in [-0.25, -0.2) is 62.9 Å². The largest absolute Gasteiger partial charge is 1.00 e. The number of phenolic OH excluding ortho intramolecular Hbond substituents is 1. The number of hydrogen-bond acceptors (Lipinski definition) is 33. The number of carbonyl (C=O) groups is 10. The Morgan fingerprint density at radius 2 is 0.921 bits per heavy atom. The van der Waals surface area contributed by atoms with Gasteiger partial charge in [0.05, 0.1) is 145 Å². The molecule has 2 aromatic carbocycles. The number of aromatic hydroxyl groups is 1. The van der Waals surface area contributed by atoms with Gasteiger partial charge in [-0.15, -0.1) is 33.3 Å². The number of phenols is 1. The first-order valence-electron chi connectivity index (χ1n) is 42.3. The molecule has 0 saturated carbocycles. The van der Waals surface area contributed by atoms with Gasteiger partial charge in [0.1, 0.15) is 85.1 Å². The van der Waals surface area contributed by atoms with Crippen LogP contribution in [0.3, 0.4) is 0 Å². The number of aryl methyl sites for hydroxylation is 1. The van der Waals surface area contributed by atoms with E-state index >= 15 is 0 Å². The second-order valence-corrected chi connectivity index (χ2v) is 31.2. The third-order valence-corrected chi connectivity index (χ3v) is 20.4. The topological polar surface area (TPSA) is 617 Å². The number of ether oxygens (including phenoxy) is 7. The molecule has 14 heterocycles. The van der Waals surface area contributed by atoms with Gasteiger partial charge in [-0.1, -0.05) is 41.3 Å². The van der Waals surface area contributed by atoms with Gasteiger partial charge in [-0.05, 0) is 133 Å². The summed E-state index contributed by atoms with van der Waals surface area (Å²) in [5.41, 5.74) is 9.89. The zero-order valence-corrected chi connectivity index (χ0v) is 76.6. The molecule has 1 aliphatic rings. The number of methoxy groups -OCH3 is 3. The zero-order valence-electron chi connectivity index (χ0n) is 76.9. The Hall–Kier alpha value is -15.2. The van der Waals surface area contributed by atoms with E-state index in [-0.39, 0.29) is 161 Å². The fraction of sp³-hybridized carbons (Fsp3) is 0.315. The summed E-state index contributed by atoms with van der Waals surface area (Å²) in [6, 6.07) is 24.2. The molecule has 13 aromatic heterocycles. The minimum Gasteiger partial charge on any atom is -0.870 e. The number of ketones is 4. The number of carboxylic acid groups (broad SMARTS) is 1. The van der Waals surface area contributed by atoms with Crippen LogP contribution in [0.1, 0.15) is 153 Å². The van der Waals surface area contributed by atoms with E-state index < -0.39 is 42.7 Å². The predicted molar refractivity (Wildman–Crippen MR) is 498 cm³/mol. The van der Waals surface area contributed by atoms with Crippen LogP contribution in [0.5, 0.6) is 5.75 Å². The molecule has 0 spiro atoms. The van der Waals surface area contributed by atoms with Crippen LogP contribution in [0.2, 0.25) is 0 Å². The maximum atomic E-state index is 13.8. The summed E-state index contributed by atoms with van der Waals surface area (Å²) in [4.78, 5) is 157. The Labute approximate surface area is 809 Å². The van der Waals surface area contributed by atoms with E-state index in [0.717, 1.165) is 27.3 Å². The summed E-state index contributed by atoms with van der Waals surface area (Å²) < 4.78 is 54.6. The number of aliphatic hydroxyl groups is 3. The normalized spacial score (nSPS) is 11.8. The van der Waals surface area contributed by atoms with Gasteiger partial charge < -0.3 is 94.0 Å². The number of H-pyrrole nitrogens is 5. The number of anilines is 2. The average Bonchev–Trinajstić information content (AvgIpc) is 1.57. The Morgan fingerprint density at radius 1 is 0.554 bits per heavy atom. The number of esters is 3. The molecule has 47 heteroatoms. The van der Waals surface area contributed by atoms with E-state index in [4.69, 9.17) is 58.8 Å². The van der Waals surface area contributed by atoms with Crippen molar-refractivity contribution in [2.75, 3.05) is 111 Å². The molecule has 0 unspecified atom stereocenters. The quantitative estimate of drug-likeness (QED) is 0.00317. The predicted octanol–water partition coefficient (Wildman–Crippen LogP) is 6.24. The third-order valence-electron chi connectivity index (χ3n) is 20.0. The second-order valence-electron chi connectivity index (χ2n) is 30.9. The van der Waals surface area contributed by atoms with Crippen molar-refractivity contribution in [1.29, 1.82) is 0 Å². The third kappa shape index (κ3) is 29.2. The molecule has 139 heavy (non-hydrogen) atoms. The summed E-state index contributed by atoms with van der Waals surface area (Å²) in [5, 5.41) is 77.0. The van der Waals surface area contributed by atoms with Gasteiger partial charge in [-0.3, -0.25) is 33.7 Å². The first-order chi connectivity index (χ1) is 65.9. The first-order valence-corrected chi connectivity index (χ1v) is 42.1. The van der Waals surface area contributed by atoms with Gasteiger partial charge in [0.2, 0.25) is 5.78 Å². The molecule has 1 aliphatic heterocycles. The average molecular weight is 1930 g/mol. The van der Waals surface area contributed by atoms with Gasteiger partial charge in [0.15, 0.2) is 17.3 Å². The molecule has 0 aliphatic carbocycles. The number of Topliss-reactive ketones (excluding diaryl/α,β-unsaturated/α-hetero) is 4. The number of hydrogen-bond donors (Lipinski definition) is 11. The van der Waals surface area contributed by atoms with Crippen molar-refractivity contribution in [2.24, 2.45) is 0 Å². The van der Waals surface area contributed by atoms with Crippen molar-refractivity contribution < 1.29 is 137 Å². The molecule has 16 rings (SSSR count). The van der Waals surface area contributed by atoms with Crippen LogP contribution in [-0.4, -0.2) is 291 Å². The number of nitrogens with zero attached hydrogens (tertiary/aromatic N) is 15. The number of carboxylic acids is 1. The monoisotopic (exact) mass is 1930 g/mol. The number of nitrogens with one attached hydrogen (secondary N) is 6. The van der Waals surface area contributed by atoms with Gasteiger partial charge in [0.25, 0.3) is 5.91 Å². The standard InChI is InChI=1S/C30H29ClN6O5.C17H19N5O5.C16H17N5O5.C14H17N3O4.C13H10N2O3.CH3F.CH4.Li.H2O/c1-17-3-2-4-21-25(39)12-24-28(27(17)21)20(13-31)15-37(24)30(41)22-11-19-9-18(14-32-29(19)33-22)10-26(40)23-16-36(35-34-23)5-7-42-8-6-38;1-26-17(25)13-8-12-6-11(9-18-16(12)19-13)7-15(24)14-10-22(21-20-14)2-4-27-5-3-23;22-2-4-26-3-1-21-9-13(19-20-21)14(23)6-10-5-11-7-12(16(24)25)18-15(11)17-8-10;1-14(2,3)21-13(19)16-9-5-8-6-10(12(18)20-4)17-11(8)15-7-9;1-3-10(16)5-8-4-9-6-11(13(17)18-2)15-12(9)14-7-8;1-2;;;/h2-4,9,11-12,14,16,20,38-39H,5-8,10,13,15H2,1H3,(H,32,33);6,8-10,23H,2-5,7H2,1H3,(H,18,19);5,7-9,22H,1-4,6H2,(H,17,18)(H,24,25);5-7H,1-4H3,(H,15,17)(H,16,19);1,4,6-7H,5H2,2H3,(H,14,15);1H3;1H4;;1H2/q;;;;;;;+1;/p-1/t20-;;;;;;;;/m1......../s1/i;;;;;1D;;;. The molecular formula is C92H100ClFLiN21O23. The Bertz CT molecular complexity index is 6920. The van der Waals surface area contributed by atoms with Crippen molar-refractivity contribution in [2.45, 2.75) is 92.0 Å². The van der Waals surface area contributed by atoms with Crippen molar-refractivity contribution in [1.82, 2.24) is 94.8 Å². The molecule has 0 radical (unpaired) electrons. The number of pyridine rings is 5. The number of amides is 2. The smallest absolute Gasteiger partial charge is 0.870 e. The summed E-state index contributed by atoms with van der Waals surface area (Å²) in [7, 11) is 2.91. The fourth-order valence-electron chi connectivity index (χ4n) is 13.8. The number of aromatic carboxylic acids is 1. The number of aliphatic hydroxyl groups excluding tert-OH is 3. The molecule has 726 valence electrons. The van der Waals surface area contributed by atoms with Crippen molar-refractivity contribution >= 4 is 148 Å². The Kier molecular flexibility index (Phi) is 39.9. The fourth-order valence-corrected chi connectivity index (χ4v) is 14.1. The minimum atomic E-state index is -1.07. The van der Waals surface area contributed by atoms with Crippen molar-refractivity contribution in [3.63, 3.8) is 0 Å². The Morgan fingerprint density at radius 3 is 1.29 bits per heavy atom. The van der Waals surface area contributed by atoms with Crippen LogP contribution in [0.4, 0.5) is 20.6 Å². The van der Waals surface area contributed by atoms with Crippen LogP contribution in [0, 0.1) is 19.3 Å². The first kappa shape index (κ1) is 107. The SMILES string of the molecule is C.C#CC(=O)Cc1cnc2[nH]c(C(=O)OC)cc2c1.COC(=O)c1cc2cc(CC(=O)c3cn(CCOCCO)nn3)cnc2[nH]1.COC(=O)c1cc2cc(NC(=O)OC(C)(C)C)cnc2[nH]1.Cc1cccc2c(O)cc3c(c12)[C@H](CCl)CN3C(=O)c1cc2cc(CC(=O)c3cn(CCOCCO)nn3)cnc2[nH]1.O=C(Cc1cnc2[nH]c(C(=O)O)cc2c1)c1cn(CCOCCO)nn1.[2H]CF.[Li+].[OH-]. The number of halogens is 2. The maximum Gasteiger partial charge on any atom is 1.00 e. The molecule has 12 N–H and O–H groups in total. The molecule has 15 aromatic rings. The van der Waals surface area contributed by atoms with Gasteiger partial charge in [-0.2, -0.15) is 0 Å². The summed E-state index contributed by atoms with van der Waals surface area (Å²) >= 11 is 6.38. The summed E-state index contributed by atoms with van der Waals surface area (Å²) in [6.45, 7) is 10.7. The molecule has 2 amide bonds. The van der Waals surface area contributed by atoms with E-state index in [0.29, 0.717) is 158 Å². The van der Waals surface area contributed by atoms with Crippen LogP contribution >= 0.6 is 11.6 Å². The van der Waals surface area contributed by atoms with Gasteiger partial charge in [0, 0.05) is 107 Å². The number of alkyl halides is 2. The molecule has 44 nitrogen and oxygen atoms in total. The molecule has 0 bridgehead atoms. The van der Waals surface area contributed by atoms with Crippen molar-refractivity contribution in [3.05, 3.63) is 213 Å². The molecular weight excluding hydrogens is 1830 g/mol. The number of fused-ring (bicyclic) bond motifs is 8.